The Bertz CT molecular complexity index is 754. The monoisotopic (exact) mass is 324 g/mol. The van der Waals surface area contributed by atoms with E-state index in [2.05, 4.69) is 10.6 Å². The van der Waals surface area contributed by atoms with Crippen molar-refractivity contribution in [3.05, 3.63) is 59.7 Å². The van der Waals surface area contributed by atoms with Crippen LogP contribution in [0.3, 0.4) is 0 Å². The van der Waals surface area contributed by atoms with E-state index in [1.807, 2.05) is 19.1 Å². The van der Waals surface area contributed by atoms with Crippen molar-refractivity contribution in [2.45, 2.75) is 26.7 Å². The Balaban J connectivity index is 1.94. The molecule has 0 saturated carbocycles. The van der Waals surface area contributed by atoms with Crippen molar-refractivity contribution in [3.63, 3.8) is 0 Å². The van der Waals surface area contributed by atoms with Gasteiger partial charge in [-0.1, -0.05) is 36.4 Å². The minimum Gasteiger partial charge on any atom is -0.326 e. The quantitative estimate of drug-likeness (QED) is 0.798. The number of rotatable bonds is 6. The first kappa shape index (κ1) is 17.4. The predicted molar refractivity (Wildman–Crippen MR) is 94.1 cm³/mol. The third kappa shape index (κ3) is 5.05. The van der Waals surface area contributed by atoms with E-state index in [4.69, 9.17) is 0 Å². The summed E-state index contributed by atoms with van der Waals surface area (Å²) in [5, 5.41) is 5.46. The van der Waals surface area contributed by atoms with Crippen LogP contribution in [0.2, 0.25) is 0 Å². The van der Waals surface area contributed by atoms with Gasteiger partial charge >= 0.3 is 0 Å². The Morgan fingerprint density at radius 2 is 1.62 bits per heavy atom. The lowest BCUT2D eigenvalue weighted by Crippen LogP contribution is -2.15. The zero-order chi connectivity index (χ0) is 17.5. The maximum atomic E-state index is 12.1. The summed E-state index contributed by atoms with van der Waals surface area (Å²) in [5.74, 6) is -0.471. The molecule has 0 unspecified atom stereocenters. The summed E-state index contributed by atoms with van der Waals surface area (Å²) >= 11 is 0. The van der Waals surface area contributed by atoms with Crippen molar-refractivity contribution in [1.82, 2.24) is 0 Å². The smallest absolute Gasteiger partial charge is 0.224 e. The molecule has 0 bridgehead atoms. The van der Waals surface area contributed by atoms with Gasteiger partial charge in [-0.2, -0.15) is 0 Å². The number of hydrogen-bond donors (Lipinski definition) is 2. The number of aryl methyl sites for hydroxylation is 1. The Kier molecular flexibility index (Phi) is 5.84. The van der Waals surface area contributed by atoms with E-state index in [1.165, 1.54) is 6.92 Å². The number of Topliss-reactive ketones (excluding diaryl/α,β-unsaturated/α-hetero) is 1. The molecule has 0 aliphatic rings. The second-order valence-electron chi connectivity index (χ2n) is 5.55. The van der Waals surface area contributed by atoms with E-state index in [0.29, 0.717) is 16.9 Å². The van der Waals surface area contributed by atoms with Crippen LogP contribution >= 0.6 is 0 Å². The van der Waals surface area contributed by atoms with Gasteiger partial charge in [0.05, 0.1) is 0 Å². The second-order valence-corrected chi connectivity index (χ2v) is 5.55. The van der Waals surface area contributed by atoms with Crippen LogP contribution in [-0.2, 0) is 9.59 Å². The molecule has 0 aliphatic heterocycles. The molecule has 5 heteroatoms. The highest BCUT2D eigenvalue weighted by Crippen LogP contribution is 2.20. The molecule has 0 radical (unpaired) electrons. The van der Waals surface area contributed by atoms with Crippen LogP contribution in [-0.4, -0.2) is 17.6 Å². The summed E-state index contributed by atoms with van der Waals surface area (Å²) in [7, 11) is 0. The highest BCUT2D eigenvalue weighted by atomic mass is 16.2. The predicted octanol–water partition coefficient (Wildman–Crippen LogP) is 3.56. The number of amides is 2. The van der Waals surface area contributed by atoms with Crippen molar-refractivity contribution in [2.24, 2.45) is 0 Å². The number of benzene rings is 2. The fourth-order valence-corrected chi connectivity index (χ4v) is 2.25. The SMILES string of the molecule is CC(=O)Nc1ccc(C)c(NC(=O)CCC(=O)c2ccccc2)c1. The summed E-state index contributed by atoms with van der Waals surface area (Å²) in [6, 6.07) is 14.2. The molecule has 0 aromatic heterocycles. The maximum Gasteiger partial charge on any atom is 0.224 e. The molecule has 2 N–H and O–H groups in total. The van der Waals surface area contributed by atoms with Crippen molar-refractivity contribution in [3.8, 4) is 0 Å². The average Bonchev–Trinajstić information content (AvgIpc) is 2.56. The molecule has 2 amide bonds. The lowest BCUT2D eigenvalue weighted by atomic mass is 10.1. The molecule has 24 heavy (non-hydrogen) atoms. The molecule has 0 saturated heterocycles. The first-order chi connectivity index (χ1) is 11.5. The zero-order valence-corrected chi connectivity index (χ0v) is 13.8. The number of anilines is 2. The topological polar surface area (TPSA) is 75.3 Å². The minimum atomic E-state index is -0.234. The third-order valence-corrected chi connectivity index (χ3v) is 3.51. The van der Waals surface area contributed by atoms with Crippen LogP contribution < -0.4 is 10.6 Å². The lowest BCUT2D eigenvalue weighted by Gasteiger charge is -2.11. The molecule has 0 atom stereocenters. The molecule has 124 valence electrons. The van der Waals surface area contributed by atoms with Gasteiger partial charge in [0, 0.05) is 36.7 Å². The normalized spacial score (nSPS) is 10.1. The highest BCUT2D eigenvalue weighted by Gasteiger charge is 2.10. The van der Waals surface area contributed by atoms with Gasteiger partial charge in [0.15, 0.2) is 5.78 Å². The molecule has 2 aromatic carbocycles. The van der Waals surface area contributed by atoms with E-state index in [9.17, 15) is 14.4 Å². The summed E-state index contributed by atoms with van der Waals surface area (Å²) < 4.78 is 0. The van der Waals surface area contributed by atoms with Crippen molar-refractivity contribution in [2.75, 3.05) is 10.6 Å². The highest BCUT2D eigenvalue weighted by molar-refractivity contribution is 6.00. The Hall–Kier alpha value is -2.95. The fourth-order valence-electron chi connectivity index (χ4n) is 2.25. The summed E-state index contributed by atoms with van der Waals surface area (Å²) in [6.45, 7) is 3.29. The number of carbonyl (C=O) groups excluding carboxylic acids is 3. The van der Waals surface area contributed by atoms with Crippen molar-refractivity contribution < 1.29 is 14.4 Å². The molecule has 0 fully saturated rings. The summed E-state index contributed by atoms with van der Waals surface area (Å²) in [5.41, 5.74) is 2.73. The van der Waals surface area contributed by atoms with Gasteiger partial charge in [-0.15, -0.1) is 0 Å². The molecular weight excluding hydrogens is 304 g/mol. The Morgan fingerprint density at radius 3 is 2.29 bits per heavy atom. The van der Waals surface area contributed by atoms with Gasteiger partial charge in [0.25, 0.3) is 0 Å². The number of hydrogen-bond acceptors (Lipinski definition) is 3. The number of carbonyl (C=O) groups is 3. The first-order valence-electron chi connectivity index (χ1n) is 7.72. The van der Waals surface area contributed by atoms with Crippen LogP contribution in [0.15, 0.2) is 48.5 Å². The van der Waals surface area contributed by atoms with E-state index in [0.717, 1.165) is 5.56 Å². The van der Waals surface area contributed by atoms with Gasteiger partial charge in [0.2, 0.25) is 11.8 Å². The number of nitrogens with one attached hydrogen (secondary N) is 2. The molecule has 2 aromatic rings. The molecular formula is C19H20N2O3. The number of ketones is 1. The Morgan fingerprint density at radius 1 is 0.917 bits per heavy atom. The minimum absolute atomic E-state index is 0.0607. The van der Waals surface area contributed by atoms with Gasteiger partial charge in [-0.25, -0.2) is 0 Å². The molecule has 2 rings (SSSR count). The maximum absolute atomic E-state index is 12.1. The molecule has 0 heterocycles. The van der Waals surface area contributed by atoms with Crippen LogP contribution in [0.4, 0.5) is 11.4 Å². The van der Waals surface area contributed by atoms with E-state index >= 15 is 0 Å². The van der Waals surface area contributed by atoms with Gasteiger partial charge in [-0.05, 0) is 24.6 Å². The van der Waals surface area contributed by atoms with Gasteiger partial charge < -0.3 is 10.6 Å². The summed E-state index contributed by atoms with van der Waals surface area (Å²) in [6.07, 6.45) is 0.262. The van der Waals surface area contributed by atoms with E-state index < -0.39 is 0 Å². The van der Waals surface area contributed by atoms with Crippen LogP contribution in [0, 0.1) is 6.92 Å². The first-order valence-corrected chi connectivity index (χ1v) is 7.72. The largest absolute Gasteiger partial charge is 0.326 e. The van der Waals surface area contributed by atoms with E-state index in [1.54, 1.807) is 36.4 Å². The fraction of sp³-hybridized carbons (Fsp3) is 0.211. The summed E-state index contributed by atoms with van der Waals surface area (Å²) in [4.78, 5) is 35.2. The Labute approximate surface area is 141 Å². The van der Waals surface area contributed by atoms with Crippen LogP contribution in [0.5, 0.6) is 0 Å². The van der Waals surface area contributed by atoms with Crippen molar-refractivity contribution in [1.29, 1.82) is 0 Å². The molecule has 0 aliphatic carbocycles. The lowest BCUT2D eigenvalue weighted by molar-refractivity contribution is -0.116. The van der Waals surface area contributed by atoms with Crippen molar-refractivity contribution >= 4 is 29.0 Å². The van der Waals surface area contributed by atoms with Gasteiger partial charge in [0.1, 0.15) is 0 Å². The average molecular weight is 324 g/mol. The standard InChI is InChI=1S/C19H20N2O3/c1-13-8-9-16(20-14(2)22)12-17(13)21-19(24)11-10-18(23)15-6-4-3-5-7-15/h3-9,12H,10-11H2,1-2H3,(H,20,22)(H,21,24). The third-order valence-electron chi connectivity index (χ3n) is 3.51. The van der Waals surface area contributed by atoms with Crippen LogP contribution in [0.25, 0.3) is 0 Å². The van der Waals surface area contributed by atoms with Crippen LogP contribution in [0.1, 0.15) is 35.7 Å². The zero-order valence-electron chi connectivity index (χ0n) is 13.8. The molecule has 5 nitrogen and oxygen atoms in total. The van der Waals surface area contributed by atoms with E-state index in [-0.39, 0.29) is 30.4 Å². The molecule has 0 spiro atoms. The second kappa shape index (κ2) is 8.06. The van der Waals surface area contributed by atoms with Gasteiger partial charge in [-0.3, -0.25) is 14.4 Å².